The second-order valence-electron chi connectivity index (χ2n) is 5.36. The summed E-state index contributed by atoms with van der Waals surface area (Å²) in [4.78, 5) is 0. The lowest BCUT2D eigenvalue weighted by Crippen LogP contribution is -2.29. The standard InChI is InChI=1S/C17H24N2O2/c1-11-12(2)21-13(3)17(11)16(19-18)10-7-14-5-8-15(20-4)9-6-14/h5-6,8-9,16,19H,7,10,18H2,1-4H3. The van der Waals surface area contributed by atoms with Gasteiger partial charge in [0.2, 0.25) is 0 Å². The molecule has 0 amide bonds. The molecule has 2 aromatic rings. The Balaban J connectivity index is 2.08. The van der Waals surface area contributed by atoms with Crippen LogP contribution in [0.4, 0.5) is 0 Å². The number of rotatable bonds is 6. The summed E-state index contributed by atoms with van der Waals surface area (Å²) in [6.07, 6.45) is 1.87. The molecule has 0 aliphatic rings. The fraction of sp³-hybridized carbons (Fsp3) is 0.412. The van der Waals surface area contributed by atoms with Crippen LogP contribution in [0.25, 0.3) is 0 Å². The normalized spacial score (nSPS) is 12.4. The molecule has 1 unspecified atom stereocenters. The lowest BCUT2D eigenvalue weighted by atomic mass is 9.96. The molecule has 4 nitrogen and oxygen atoms in total. The zero-order valence-corrected chi connectivity index (χ0v) is 13.2. The predicted octanol–water partition coefficient (Wildman–Crippen LogP) is 3.35. The molecule has 0 aliphatic heterocycles. The highest BCUT2D eigenvalue weighted by Gasteiger charge is 2.19. The first kappa shape index (κ1) is 15.6. The summed E-state index contributed by atoms with van der Waals surface area (Å²) in [6, 6.07) is 8.25. The average molecular weight is 288 g/mol. The number of nitrogens with one attached hydrogen (secondary N) is 1. The smallest absolute Gasteiger partial charge is 0.118 e. The van der Waals surface area contributed by atoms with Gasteiger partial charge in [-0.1, -0.05) is 12.1 Å². The van der Waals surface area contributed by atoms with Gasteiger partial charge in [-0.3, -0.25) is 11.3 Å². The fourth-order valence-corrected chi connectivity index (χ4v) is 2.74. The molecule has 0 radical (unpaired) electrons. The molecule has 1 aromatic heterocycles. The van der Waals surface area contributed by atoms with Gasteiger partial charge in [0.1, 0.15) is 17.3 Å². The summed E-state index contributed by atoms with van der Waals surface area (Å²) in [5.41, 5.74) is 6.56. The van der Waals surface area contributed by atoms with Gasteiger partial charge in [-0.2, -0.15) is 0 Å². The van der Waals surface area contributed by atoms with Gasteiger partial charge in [0, 0.05) is 11.6 Å². The number of hydrogen-bond donors (Lipinski definition) is 2. The Morgan fingerprint density at radius 3 is 2.29 bits per heavy atom. The van der Waals surface area contributed by atoms with E-state index in [1.54, 1.807) is 7.11 Å². The second kappa shape index (κ2) is 6.78. The van der Waals surface area contributed by atoms with Gasteiger partial charge in [0.15, 0.2) is 0 Å². The minimum absolute atomic E-state index is 0.101. The molecular formula is C17H24N2O2. The second-order valence-corrected chi connectivity index (χ2v) is 5.36. The van der Waals surface area contributed by atoms with Crippen molar-refractivity contribution in [3.8, 4) is 5.75 Å². The van der Waals surface area contributed by atoms with E-state index in [2.05, 4.69) is 24.5 Å². The molecule has 0 bridgehead atoms. The maximum Gasteiger partial charge on any atom is 0.118 e. The van der Waals surface area contributed by atoms with Crippen molar-refractivity contribution in [2.45, 2.75) is 39.7 Å². The number of methoxy groups -OCH3 is 1. The van der Waals surface area contributed by atoms with Crippen molar-refractivity contribution in [1.82, 2.24) is 5.43 Å². The van der Waals surface area contributed by atoms with E-state index in [1.807, 2.05) is 26.0 Å². The Kier molecular flexibility index (Phi) is 5.04. The Hall–Kier alpha value is -1.78. The molecule has 1 atom stereocenters. The first-order valence-electron chi connectivity index (χ1n) is 7.22. The zero-order valence-electron chi connectivity index (χ0n) is 13.2. The predicted molar refractivity (Wildman–Crippen MR) is 84.3 cm³/mol. The highest BCUT2D eigenvalue weighted by molar-refractivity contribution is 5.34. The fourth-order valence-electron chi connectivity index (χ4n) is 2.74. The number of hydrazine groups is 1. The van der Waals surface area contributed by atoms with Gasteiger partial charge in [-0.25, -0.2) is 0 Å². The molecule has 1 heterocycles. The number of furan rings is 1. The maximum absolute atomic E-state index is 5.75. The molecular weight excluding hydrogens is 264 g/mol. The molecule has 0 saturated carbocycles. The van der Waals surface area contributed by atoms with E-state index in [9.17, 15) is 0 Å². The van der Waals surface area contributed by atoms with E-state index >= 15 is 0 Å². The van der Waals surface area contributed by atoms with Crippen LogP contribution in [0.1, 0.15) is 40.7 Å². The third-order valence-electron chi connectivity index (χ3n) is 4.05. The van der Waals surface area contributed by atoms with Gasteiger partial charge in [-0.05, 0) is 56.9 Å². The minimum atomic E-state index is 0.101. The van der Waals surface area contributed by atoms with E-state index in [-0.39, 0.29) is 6.04 Å². The summed E-state index contributed by atoms with van der Waals surface area (Å²) in [5, 5.41) is 0. The van der Waals surface area contributed by atoms with Crippen molar-refractivity contribution in [2.75, 3.05) is 7.11 Å². The van der Waals surface area contributed by atoms with Crippen molar-refractivity contribution in [3.05, 3.63) is 52.5 Å². The Morgan fingerprint density at radius 1 is 1.14 bits per heavy atom. The highest BCUT2D eigenvalue weighted by Crippen LogP contribution is 2.29. The monoisotopic (exact) mass is 288 g/mol. The Bertz CT molecular complexity index is 588. The van der Waals surface area contributed by atoms with Crippen LogP contribution < -0.4 is 16.0 Å². The average Bonchev–Trinajstić information content (AvgIpc) is 2.75. The zero-order chi connectivity index (χ0) is 15.4. The number of ether oxygens (including phenoxy) is 1. The third kappa shape index (κ3) is 3.46. The van der Waals surface area contributed by atoms with E-state index < -0.39 is 0 Å². The van der Waals surface area contributed by atoms with Crippen molar-refractivity contribution < 1.29 is 9.15 Å². The van der Waals surface area contributed by atoms with E-state index in [0.717, 1.165) is 30.1 Å². The first-order valence-corrected chi connectivity index (χ1v) is 7.22. The molecule has 2 rings (SSSR count). The molecule has 1 aromatic carbocycles. The number of nitrogens with two attached hydrogens (primary N) is 1. The van der Waals surface area contributed by atoms with Crippen molar-refractivity contribution in [2.24, 2.45) is 5.84 Å². The molecule has 0 saturated heterocycles. The molecule has 0 fully saturated rings. The minimum Gasteiger partial charge on any atom is -0.497 e. The first-order chi connectivity index (χ1) is 10.1. The van der Waals surface area contributed by atoms with Crippen LogP contribution in [-0.2, 0) is 6.42 Å². The van der Waals surface area contributed by atoms with Crippen LogP contribution in [-0.4, -0.2) is 7.11 Å². The number of aryl methyl sites for hydroxylation is 3. The third-order valence-corrected chi connectivity index (χ3v) is 4.05. The largest absolute Gasteiger partial charge is 0.497 e. The van der Waals surface area contributed by atoms with Crippen LogP contribution >= 0.6 is 0 Å². The number of hydrogen-bond acceptors (Lipinski definition) is 4. The Labute approximate surface area is 126 Å². The van der Waals surface area contributed by atoms with Gasteiger partial charge in [0.25, 0.3) is 0 Å². The van der Waals surface area contributed by atoms with E-state index in [4.69, 9.17) is 15.0 Å². The van der Waals surface area contributed by atoms with Gasteiger partial charge < -0.3 is 9.15 Å². The lowest BCUT2D eigenvalue weighted by Gasteiger charge is -2.16. The van der Waals surface area contributed by atoms with Crippen LogP contribution in [0.3, 0.4) is 0 Å². The Morgan fingerprint density at radius 2 is 1.81 bits per heavy atom. The molecule has 3 N–H and O–H groups in total. The van der Waals surface area contributed by atoms with E-state index in [0.29, 0.717) is 0 Å². The van der Waals surface area contributed by atoms with Crippen LogP contribution in [0.2, 0.25) is 0 Å². The van der Waals surface area contributed by atoms with Gasteiger partial charge in [0.05, 0.1) is 7.11 Å². The van der Waals surface area contributed by atoms with E-state index in [1.165, 1.54) is 16.7 Å². The topological polar surface area (TPSA) is 60.4 Å². The van der Waals surface area contributed by atoms with Gasteiger partial charge in [-0.15, -0.1) is 0 Å². The summed E-state index contributed by atoms with van der Waals surface area (Å²) in [6.45, 7) is 6.06. The van der Waals surface area contributed by atoms with Crippen LogP contribution in [0.5, 0.6) is 5.75 Å². The maximum atomic E-state index is 5.75. The quantitative estimate of drug-likeness (QED) is 0.632. The molecule has 0 aliphatic carbocycles. The van der Waals surface area contributed by atoms with Crippen LogP contribution in [0.15, 0.2) is 28.7 Å². The van der Waals surface area contributed by atoms with Gasteiger partial charge >= 0.3 is 0 Å². The molecule has 4 heteroatoms. The summed E-state index contributed by atoms with van der Waals surface area (Å²) in [5.74, 6) is 8.54. The highest BCUT2D eigenvalue weighted by atomic mass is 16.5. The van der Waals surface area contributed by atoms with Crippen LogP contribution in [0, 0.1) is 20.8 Å². The SMILES string of the molecule is COc1ccc(CCC(NN)c2c(C)oc(C)c2C)cc1. The summed E-state index contributed by atoms with van der Waals surface area (Å²) in [7, 11) is 1.68. The molecule has 0 spiro atoms. The van der Waals surface area contributed by atoms with Crippen molar-refractivity contribution in [1.29, 1.82) is 0 Å². The van der Waals surface area contributed by atoms with Crippen molar-refractivity contribution >= 4 is 0 Å². The molecule has 114 valence electrons. The lowest BCUT2D eigenvalue weighted by molar-refractivity contribution is 0.414. The van der Waals surface area contributed by atoms with Crippen molar-refractivity contribution in [3.63, 3.8) is 0 Å². The molecule has 21 heavy (non-hydrogen) atoms. The number of benzene rings is 1. The summed E-state index contributed by atoms with van der Waals surface area (Å²) >= 11 is 0. The summed E-state index contributed by atoms with van der Waals surface area (Å²) < 4.78 is 10.9.